The Hall–Kier alpha value is -3.22. The molecule has 0 saturated carbocycles. The number of aromatic amines is 1. The van der Waals surface area contributed by atoms with Crippen LogP contribution in [-0.4, -0.2) is 31.9 Å². The molecule has 104 valence electrons. The van der Waals surface area contributed by atoms with E-state index in [1.807, 2.05) is 12.1 Å². The third-order valence-electron chi connectivity index (χ3n) is 3.00. The molecule has 3 N–H and O–H groups in total. The van der Waals surface area contributed by atoms with Gasteiger partial charge in [0.25, 0.3) is 5.91 Å². The number of carbonyl (C=O) groups excluding carboxylic acids is 1. The van der Waals surface area contributed by atoms with E-state index in [9.17, 15) is 9.59 Å². The first-order chi connectivity index (χ1) is 10.2. The molecule has 7 heteroatoms. The Morgan fingerprint density at radius 1 is 1.24 bits per heavy atom. The average Bonchev–Trinajstić information content (AvgIpc) is 2.97. The fourth-order valence-electron chi connectivity index (χ4n) is 2.03. The highest BCUT2D eigenvalue weighted by Crippen LogP contribution is 2.22. The molecule has 0 aliphatic rings. The molecule has 0 bridgehead atoms. The van der Waals surface area contributed by atoms with Crippen molar-refractivity contribution in [3.8, 4) is 0 Å². The monoisotopic (exact) mass is 282 g/mol. The van der Waals surface area contributed by atoms with Crippen molar-refractivity contribution in [3.63, 3.8) is 0 Å². The van der Waals surface area contributed by atoms with Crippen LogP contribution in [-0.2, 0) is 0 Å². The summed E-state index contributed by atoms with van der Waals surface area (Å²) in [6.45, 7) is 0. The number of aromatic nitrogens is 3. The number of benzene rings is 1. The number of amides is 1. The Balaban J connectivity index is 1.97. The molecule has 2 heterocycles. The standard InChI is InChI=1S/C14H10N4O3/c19-13(11-12(14(20)21)17-7-16-11)18-10-3-1-2-8-4-5-15-6-9(8)10/h1-7H,(H,16,17)(H,18,19)(H,20,21). The number of anilines is 1. The van der Waals surface area contributed by atoms with Crippen LogP contribution in [0.5, 0.6) is 0 Å². The molecule has 0 radical (unpaired) electrons. The van der Waals surface area contributed by atoms with Crippen molar-refractivity contribution in [1.29, 1.82) is 0 Å². The molecule has 7 nitrogen and oxygen atoms in total. The Morgan fingerprint density at radius 3 is 2.90 bits per heavy atom. The second-order valence-corrected chi connectivity index (χ2v) is 4.29. The third kappa shape index (κ3) is 2.32. The molecule has 0 spiro atoms. The third-order valence-corrected chi connectivity index (χ3v) is 3.00. The lowest BCUT2D eigenvalue weighted by Crippen LogP contribution is -2.16. The van der Waals surface area contributed by atoms with Gasteiger partial charge in [-0.15, -0.1) is 0 Å². The van der Waals surface area contributed by atoms with Crippen molar-refractivity contribution >= 4 is 28.3 Å². The van der Waals surface area contributed by atoms with Gasteiger partial charge in [0.2, 0.25) is 0 Å². The number of hydrogen-bond acceptors (Lipinski definition) is 4. The lowest BCUT2D eigenvalue weighted by atomic mass is 10.1. The van der Waals surface area contributed by atoms with Crippen LogP contribution in [0.3, 0.4) is 0 Å². The first-order valence-electron chi connectivity index (χ1n) is 6.07. The van der Waals surface area contributed by atoms with Gasteiger partial charge < -0.3 is 15.4 Å². The minimum atomic E-state index is -1.24. The first-order valence-corrected chi connectivity index (χ1v) is 6.07. The van der Waals surface area contributed by atoms with Crippen LogP contribution in [0.25, 0.3) is 10.8 Å². The van der Waals surface area contributed by atoms with Gasteiger partial charge in [-0.05, 0) is 17.5 Å². The Kier molecular flexibility index (Phi) is 3.07. The van der Waals surface area contributed by atoms with Gasteiger partial charge in [-0.1, -0.05) is 12.1 Å². The fraction of sp³-hybridized carbons (Fsp3) is 0. The summed E-state index contributed by atoms with van der Waals surface area (Å²) in [5.41, 5.74) is 0.138. The lowest BCUT2D eigenvalue weighted by molar-refractivity contribution is 0.0686. The van der Waals surface area contributed by atoms with Gasteiger partial charge in [0, 0.05) is 17.8 Å². The summed E-state index contributed by atoms with van der Waals surface area (Å²) in [7, 11) is 0. The minimum absolute atomic E-state index is 0.164. The zero-order valence-corrected chi connectivity index (χ0v) is 10.7. The molecular weight excluding hydrogens is 272 g/mol. The van der Waals surface area contributed by atoms with Crippen LogP contribution in [0.2, 0.25) is 0 Å². The van der Waals surface area contributed by atoms with Crippen molar-refractivity contribution in [2.75, 3.05) is 5.32 Å². The highest BCUT2D eigenvalue weighted by Gasteiger charge is 2.20. The second-order valence-electron chi connectivity index (χ2n) is 4.29. The van der Waals surface area contributed by atoms with Gasteiger partial charge in [-0.2, -0.15) is 0 Å². The molecule has 0 unspecified atom stereocenters. The summed E-state index contributed by atoms with van der Waals surface area (Å²) in [5, 5.41) is 13.3. The van der Waals surface area contributed by atoms with E-state index in [4.69, 9.17) is 5.11 Å². The number of carboxylic acids is 1. The summed E-state index contributed by atoms with van der Waals surface area (Å²) < 4.78 is 0. The molecular formula is C14H10N4O3. The van der Waals surface area contributed by atoms with Crippen LogP contribution in [0.1, 0.15) is 21.0 Å². The molecule has 21 heavy (non-hydrogen) atoms. The van der Waals surface area contributed by atoms with Gasteiger partial charge in [0.15, 0.2) is 11.4 Å². The summed E-state index contributed by atoms with van der Waals surface area (Å²) in [4.78, 5) is 33.4. The number of H-pyrrole nitrogens is 1. The maximum absolute atomic E-state index is 12.2. The highest BCUT2D eigenvalue weighted by molar-refractivity contribution is 6.11. The summed E-state index contributed by atoms with van der Waals surface area (Å²) in [6.07, 6.45) is 4.46. The molecule has 3 rings (SSSR count). The number of nitrogens with zero attached hydrogens (tertiary/aromatic N) is 2. The lowest BCUT2D eigenvalue weighted by Gasteiger charge is -2.07. The first kappa shape index (κ1) is 12.8. The van der Waals surface area contributed by atoms with E-state index < -0.39 is 11.9 Å². The normalized spacial score (nSPS) is 10.5. The zero-order chi connectivity index (χ0) is 14.8. The smallest absolute Gasteiger partial charge is 0.354 e. The Bertz CT molecular complexity index is 836. The maximum Gasteiger partial charge on any atom is 0.354 e. The van der Waals surface area contributed by atoms with Gasteiger partial charge in [-0.25, -0.2) is 9.78 Å². The molecule has 2 aromatic heterocycles. The van der Waals surface area contributed by atoms with E-state index >= 15 is 0 Å². The Morgan fingerprint density at radius 2 is 2.10 bits per heavy atom. The molecule has 0 saturated heterocycles. The predicted octanol–water partition coefficient (Wildman–Crippen LogP) is 1.91. The molecule has 0 aliphatic carbocycles. The summed E-state index contributed by atoms with van der Waals surface area (Å²) >= 11 is 0. The highest BCUT2D eigenvalue weighted by atomic mass is 16.4. The predicted molar refractivity (Wildman–Crippen MR) is 75.2 cm³/mol. The molecule has 1 amide bonds. The van der Waals surface area contributed by atoms with Crippen molar-refractivity contribution in [3.05, 3.63) is 54.4 Å². The number of aromatic carboxylic acids is 1. The van der Waals surface area contributed by atoms with Crippen LogP contribution in [0.15, 0.2) is 43.0 Å². The van der Waals surface area contributed by atoms with Crippen LogP contribution in [0.4, 0.5) is 5.69 Å². The van der Waals surface area contributed by atoms with Gasteiger partial charge >= 0.3 is 5.97 Å². The largest absolute Gasteiger partial charge is 0.477 e. The number of hydrogen-bond donors (Lipinski definition) is 3. The molecule has 0 fully saturated rings. The van der Waals surface area contributed by atoms with E-state index in [1.54, 1.807) is 24.5 Å². The van der Waals surface area contributed by atoms with Crippen molar-refractivity contribution < 1.29 is 14.7 Å². The number of fused-ring (bicyclic) bond motifs is 1. The zero-order valence-electron chi connectivity index (χ0n) is 10.7. The van der Waals surface area contributed by atoms with Crippen molar-refractivity contribution in [2.24, 2.45) is 0 Å². The fourth-order valence-corrected chi connectivity index (χ4v) is 2.03. The minimum Gasteiger partial charge on any atom is -0.477 e. The van der Waals surface area contributed by atoms with Crippen molar-refractivity contribution in [2.45, 2.75) is 0 Å². The van der Waals surface area contributed by atoms with Crippen LogP contribution < -0.4 is 5.32 Å². The van der Waals surface area contributed by atoms with Crippen molar-refractivity contribution in [1.82, 2.24) is 15.0 Å². The molecule has 0 atom stereocenters. The van der Waals surface area contributed by atoms with E-state index in [0.29, 0.717) is 5.69 Å². The van der Waals surface area contributed by atoms with E-state index in [1.165, 1.54) is 6.33 Å². The number of nitrogens with one attached hydrogen (secondary N) is 2. The summed E-state index contributed by atoms with van der Waals surface area (Å²) in [6, 6.07) is 7.22. The number of pyridine rings is 1. The van der Waals surface area contributed by atoms with Crippen LogP contribution >= 0.6 is 0 Å². The molecule has 1 aromatic carbocycles. The number of carboxylic acid groups (broad SMARTS) is 1. The van der Waals surface area contributed by atoms with Gasteiger partial charge in [0.05, 0.1) is 12.0 Å². The SMILES string of the molecule is O=C(Nc1cccc2ccncc12)c1nc[nH]c1C(=O)O. The van der Waals surface area contributed by atoms with Gasteiger partial charge in [0.1, 0.15) is 0 Å². The second kappa shape index (κ2) is 5.04. The molecule has 0 aliphatic heterocycles. The van der Waals surface area contributed by atoms with E-state index in [-0.39, 0.29) is 11.4 Å². The van der Waals surface area contributed by atoms with E-state index in [2.05, 4.69) is 20.3 Å². The number of rotatable bonds is 3. The maximum atomic E-state index is 12.2. The molecule has 3 aromatic rings. The number of carbonyl (C=O) groups is 2. The summed E-state index contributed by atoms with van der Waals surface area (Å²) in [5.74, 6) is -1.83. The Labute approximate surface area is 118 Å². The average molecular weight is 282 g/mol. The van der Waals surface area contributed by atoms with E-state index in [0.717, 1.165) is 10.8 Å². The number of imidazole rings is 1. The quantitative estimate of drug-likeness (QED) is 0.680. The van der Waals surface area contributed by atoms with Crippen LogP contribution in [0, 0.1) is 0 Å². The van der Waals surface area contributed by atoms with Gasteiger partial charge in [-0.3, -0.25) is 9.78 Å². The topological polar surface area (TPSA) is 108 Å².